The number of carbonyl (C=O) groups excluding carboxylic acids is 1. The van der Waals surface area contributed by atoms with Crippen LogP contribution in [0.5, 0.6) is 5.75 Å². The summed E-state index contributed by atoms with van der Waals surface area (Å²) < 4.78 is 21.8. The summed E-state index contributed by atoms with van der Waals surface area (Å²) in [5, 5.41) is 21.7. The van der Waals surface area contributed by atoms with Gasteiger partial charge in [0.25, 0.3) is 5.91 Å². The molecule has 0 unspecified atom stereocenters. The van der Waals surface area contributed by atoms with Crippen LogP contribution in [0.15, 0.2) is 73.1 Å². The first-order chi connectivity index (χ1) is 19.3. The maximum atomic E-state index is 14.4. The number of aliphatic hydroxyl groups is 1. The van der Waals surface area contributed by atoms with E-state index in [2.05, 4.69) is 21.4 Å². The van der Waals surface area contributed by atoms with Crippen molar-refractivity contribution in [3.8, 4) is 5.75 Å². The molecule has 3 heterocycles. The van der Waals surface area contributed by atoms with E-state index < -0.39 is 17.3 Å². The van der Waals surface area contributed by atoms with E-state index in [1.165, 1.54) is 41.2 Å². The number of aryl methyl sites for hydroxylation is 2. The number of fused-ring (bicyclic) bond motifs is 2. The summed E-state index contributed by atoms with van der Waals surface area (Å²) in [7, 11) is 5.23. The highest BCUT2D eigenvalue weighted by atomic mass is 19.1. The molecule has 1 amide bonds. The van der Waals surface area contributed by atoms with Gasteiger partial charge in [0.2, 0.25) is 5.60 Å². The Bertz CT molecular complexity index is 1730. The highest BCUT2D eigenvalue weighted by Crippen LogP contribution is 2.48. The van der Waals surface area contributed by atoms with E-state index in [-0.39, 0.29) is 17.7 Å². The van der Waals surface area contributed by atoms with Crippen LogP contribution in [0.2, 0.25) is 0 Å². The predicted molar refractivity (Wildman–Crippen MR) is 150 cm³/mol. The fraction of sp³-hybridized carbons (Fsp3) is 0.233. The number of nitrogens with zero attached hydrogens (tertiary/aromatic N) is 5. The zero-order valence-corrected chi connectivity index (χ0v) is 22.4. The molecule has 0 spiro atoms. The average Bonchev–Trinajstić information content (AvgIpc) is 3.64. The number of hydrogen-bond acceptors (Lipinski definition) is 6. The van der Waals surface area contributed by atoms with Crippen molar-refractivity contribution in [3.63, 3.8) is 0 Å². The lowest BCUT2D eigenvalue weighted by atomic mass is 9.86. The lowest BCUT2D eigenvalue weighted by Gasteiger charge is -2.26. The van der Waals surface area contributed by atoms with Crippen LogP contribution in [-0.4, -0.2) is 52.2 Å². The highest BCUT2D eigenvalue weighted by molar-refractivity contribution is 6.09. The standard InChI is InChI=1S/C30H29FN6O3/c1-35(2)22-9-10-24(28(15-22)40-3)30(39)25-14-20(31)8-11-27(25)37(29(30)38)18-21-17-36(34-33-21)13-12-19-16-32-26-7-5-4-6-23(19)26/h4-11,14-17,32,39H,12-13,18H2,1-3H3/t30-/m1/s1. The molecule has 0 bridgehead atoms. The normalized spacial score (nSPS) is 16.5. The van der Waals surface area contributed by atoms with Gasteiger partial charge in [-0.1, -0.05) is 23.4 Å². The first-order valence-electron chi connectivity index (χ1n) is 12.9. The number of aromatic nitrogens is 4. The maximum Gasteiger partial charge on any atom is 0.268 e. The van der Waals surface area contributed by atoms with Crippen LogP contribution in [0.25, 0.3) is 10.9 Å². The second-order valence-corrected chi connectivity index (χ2v) is 10.1. The highest BCUT2D eigenvalue weighted by Gasteiger charge is 2.53. The van der Waals surface area contributed by atoms with Crippen molar-refractivity contribution in [1.82, 2.24) is 20.0 Å². The molecule has 40 heavy (non-hydrogen) atoms. The minimum absolute atomic E-state index is 0.0605. The molecule has 10 heteroatoms. The average molecular weight is 541 g/mol. The molecule has 1 aliphatic heterocycles. The van der Waals surface area contributed by atoms with Crippen LogP contribution in [0.1, 0.15) is 22.4 Å². The minimum atomic E-state index is -2.14. The number of rotatable bonds is 8. The Morgan fingerprint density at radius 1 is 1.10 bits per heavy atom. The molecule has 1 aliphatic rings. The lowest BCUT2D eigenvalue weighted by Crippen LogP contribution is -2.41. The van der Waals surface area contributed by atoms with E-state index in [0.29, 0.717) is 23.7 Å². The molecular weight excluding hydrogens is 511 g/mol. The number of H-pyrrole nitrogens is 1. The molecule has 204 valence electrons. The van der Waals surface area contributed by atoms with Gasteiger partial charge < -0.3 is 24.6 Å². The maximum absolute atomic E-state index is 14.4. The third-order valence-corrected chi connectivity index (χ3v) is 7.48. The quantitative estimate of drug-likeness (QED) is 0.309. The fourth-order valence-corrected chi connectivity index (χ4v) is 5.38. The number of carbonyl (C=O) groups is 1. The van der Waals surface area contributed by atoms with Gasteiger partial charge >= 0.3 is 0 Å². The Hall–Kier alpha value is -4.70. The molecule has 5 aromatic rings. The number of amides is 1. The summed E-state index contributed by atoms with van der Waals surface area (Å²) in [4.78, 5) is 20.5. The van der Waals surface area contributed by atoms with Crippen LogP contribution < -0.4 is 14.5 Å². The van der Waals surface area contributed by atoms with Crippen LogP contribution >= 0.6 is 0 Å². The Balaban J connectivity index is 1.28. The first kappa shape index (κ1) is 25.6. The predicted octanol–water partition coefficient (Wildman–Crippen LogP) is 4.00. The summed E-state index contributed by atoms with van der Waals surface area (Å²) in [6.45, 7) is 0.662. The molecule has 0 saturated heterocycles. The number of methoxy groups -OCH3 is 1. The monoisotopic (exact) mass is 540 g/mol. The number of aromatic amines is 1. The number of anilines is 2. The third-order valence-electron chi connectivity index (χ3n) is 7.48. The van der Waals surface area contributed by atoms with Crippen molar-refractivity contribution in [3.05, 3.63) is 101 Å². The van der Waals surface area contributed by atoms with Gasteiger partial charge in [0.15, 0.2) is 0 Å². The third kappa shape index (κ3) is 4.17. The largest absolute Gasteiger partial charge is 0.496 e. The Labute approximate surface area is 230 Å². The Kier molecular flexibility index (Phi) is 6.26. The smallest absolute Gasteiger partial charge is 0.268 e. The molecule has 0 aliphatic carbocycles. The number of ether oxygens (including phenoxy) is 1. The SMILES string of the molecule is COc1cc(N(C)C)ccc1[C@]1(O)C(=O)N(Cc2cn(CCc3c[nH]c4ccccc34)nn2)c2ccc(F)cc21. The molecule has 3 aromatic carbocycles. The number of benzene rings is 3. The van der Waals surface area contributed by atoms with Gasteiger partial charge in [0.05, 0.1) is 25.5 Å². The van der Waals surface area contributed by atoms with Gasteiger partial charge in [-0.05, 0) is 48.4 Å². The molecule has 0 fully saturated rings. The van der Waals surface area contributed by atoms with Crippen molar-refractivity contribution < 1.29 is 19.0 Å². The minimum Gasteiger partial charge on any atom is -0.496 e. The summed E-state index contributed by atoms with van der Waals surface area (Å²) in [6.07, 6.45) is 4.54. The molecule has 2 N–H and O–H groups in total. The molecule has 2 aromatic heterocycles. The molecule has 9 nitrogen and oxygen atoms in total. The number of hydrogen-bond donors (Lipinski definition) is 2. The van der Waals surface area contributed by atoms with Crippen molar-refractivity contribution in [2.24, 2.45) is 0 Å². The van der Waals surface area contributed by atoms with Crippen molar-refractivity contribution in [1.29, 1.82) is 0 Å². The van der Waals surface area contributed by atoms with Crippen LogP contribution in [0, 0.1) is 5.82 Å². The zero-order valence-electron chi connectivity index (χ0n) is 22.4. The van der Waals surface area contributed by atoms with Gasteiger partial charge in [-0.15, -0.1) is 5.10 Å². The molecule has 0 radical (unpaired) electrons. The molecular formula is C30H29FN6O3. The van der Waals surface area contributed by atoms with Gasteiger partial charge in [0.1, 0.15) is 17.3 Å². The number of para-hydroxylation sites is 1. The van der Waals surface area contributed by atoms with Crippen molar-refractivity contribution in [2.75, 3.05) is 31.0 Å². The second kappa shape index (κ2) is 9.80. The molecule has 0 saturated carbocycles. The van der Waals surface area contributed by atoms with Gasteiger partial charge in [-0.2, -0.15) is 0 Å². The Morgan fingerprint density at radius 2 is 1.93 bits per heavy atom. The fourth-order valence-electron chi connectivity index (χ4n) is 5.38. The summed E-state index contributed by atoms with van der Waals surface area (Å²) in [6, 6.07) is 17.3. The van der Waals surface area contributed by atoms with Gasteiger partial charge in [-0.3, -0.25) is 9.48 Å². The van der Waals surface area contributed by atoms with E-state index in [0.717, 1.165) is 17.6 Å². The molecule has 1 atom stereocenters. The van der Waals surface area contributed by atoms with Crippen molar-refractivity contribution >= 4 is 28.2 Å². The van der Waals surface area contributed by atoms with E-state index >= 15 is 0 Å². The van der Waals surface area contributed by atoms with E-state index in [1.807, 2.05) is 43.4 Å². The summed E-state index contributed by atoms with van der Waals surface area (Å²) in [5.41, 5.74) is 2.29. The summed E-state index contributed by atoms with van der Waals surface area (Å²) in [5.74, 6) is -0.849. The van der Waals surface area contributed by atoms with E-state index in [9.17, 15) is 14.3 Å². The van der Waals surface area contributed by atoms with Crippen LogP contribution in [0.4, 0.5) is 15.8 Å². The zero-order chi connectivity index (χ0) is 28.0. The number of nitrogens with one attached hydrogen (secondary N) is 1. The summed E-state index contributed by atoms with van der Waals surface area (Å²) >= 11 is 0. The van der Waals surface area contributed by atoms with Crippen LogP contribution in [-0.2, 0) is 29.9 Å². The first-order valence-corrected chi connectivity index (χ1v) is 12.9. The number of halogens is 1. The van der Waals surface area contributed by atoms with Crippen LogP contribution in [0.3, 0.4) is 0 Å². The topological polar surface area (TPSA) is 99.5 Å². The molecule has 6 rings (SSSR count). The lowest BCUT2D eigenvalue weighted by molar-refractivity contribution is -0.132. The second-order valence-electron chi connectivity index (χ2n) is 10.1. The van der Waals surface area contributed by atoms with Crippen molar-refractivity contribution in [2.45, 2.75) is 25.1 Å². The van der Waals surface area contributed by atoms with Gasteiger partial charge in [0, 0.05) is 60.6 Å². The Morgan fingerprint density at radius 3 is 2.73 bits per heavy atom. The van der Waals surface area contributed by atoms with Gasteiger partial charge in [-0.25, -0.2) is 4.39 Å². The van der Waals surface area contributed by atoms with E-state index in [4.69, 9.17) is 4.74 Å². The van der Waals surface area contributed by atoms with E-state index in [1.54, 1.807) is 29.1 Å².